The Bertz CT molecular complexity index is 959. The zero-order valence-electron chi connectivity index (χ0n) is 20.9. The van der Waals surface area contributed by atoms with E-state index in [1.54, 1.807) is 0 Å². The highest BCUT2D eigenvalue weighted by Crippen LogP contribution is 2.50. The maximum absolute atomic E-state index is 13.2. The molecule has 3 fully saturated rings. The monoisotopic (exact) mass is 481 g/mol. The highest BCUT2D eigenvalue weighted by Gasteiger charge is 2.64. The van der Waals surface area contributed by atoms with Gasteiger partial charge in [-0.05, 0) is 55.1 Å². The molecule has 0 bridgehead atoms. The number of aliphatic hydroxyl groups excluding tert-OH is 1. The average molecular weight is 482 g/mol. The Kier molecular flexibility index (Phi) is 7.82. The summed E-state index contributed by atoms with van der Waals surface area (Å²) in [5.41, 5.74) is 0.0910. The molecule has 1 saturated carbocycles. The molecule has 35 heavy (non-hydrogen) atoms. The SMILES string of the molecule is C=C1C(C)C2C(Cc3ccccc3)NC(=O)C2(O)C(C=CCC(C)CCCC2CCC(=O)O2)C1O. The topological polar surface area (TPSA) is 95.9 Å². The summed E-state index contributed by atoms with van der Waals surface area (Å²) in [6.07, 6.45) is 8.54. The second-order valence-corrected chi connectivity index (χ2v) is 10.8. The highest BCUT2D eigenvalue weighted by atomic mass is 16.5. The van der Waals surface area contributed by atoms with Crippen molar-refractivity contribution < 1.29 is 24.5 Å². The van der Waals surface area contributed by atoms with Crippen molar-refractivity contribution in [1.82, 2.24) is 5.32 Å². The molecule has 2 saturated heterocycles. The summed E-state index contributed by atoms with van der Waals surface area (Å²) in [4.78, 5) is 24.4. The first kappa shape index (κ1) is 25.6. The quantitative estimate of drug-likeness (QED) is 0.369. The van der Waals surface area contributed by atoms with E-state index in [1.165, 1.54) is 0 Å². The molecular weight excluding hydrogens is 442 g/mol. The Balaban J connectivity index is 1.41. The lowest BCUT2D eigenvalue weighted by Crippen LogP contribution is -2.59. The van der Waals surface area contributed by atoms with Gasteiger partial charge in [0.2, 0.25) is 0 Å². The minimum absolute atomic E-state index is 0.0616. The van der Waals surface area contributed by atoms with Gasteiger partial charge in [-0.25, -0.2) is 0 Å². The minimum Gasteiger partial charge on any atom is -0.462 e. The fourth-order valence-corrected chi connectivity index (χ4v) is 6.26. The zero-order chi connectivity index (χ0) is 25.2. The molecule has 190 valence electrons. The van der Waals surface area contributed by atoms with Crippen molar-refractivity contribution in [2.45, 2.75) is 82.6 Å². The molecule has 1 amide bonds. The molecular formula is C29H39NO5. The molecule has 3 N–H and O–H groups in total. The lowest BCUT2D eigenvalue weighted by atomic mass is 9.60. The van der Waals surface area contributed by atoms with E-state index < -0.39 is 23.5 Å². The van der Waals surface area contributed by atoms with E-state index in [0.29, 0.717) is 24.3 Å². The molecule has 2 heterocycles. The van der Waals surface area contributed by atoms with Crippen LogP contribution in [-0.2, 0) is 20.7 Å². The maximum Gasteiger partial charge on any atom is 0.306 e. The number of esters is 1. The van der Waals surface area contributed by atoms with Crippen LogP contribution in [0.3, 0.4) is 0 Å². The molecule has 1 aromatic rings. The highest BCUT2D eigenvalue weighted by molar-refractivity contribution is 5.89. The van der Waals surface area contributed by atoms with Crippen molar-refractivity contribution in [1.29, 1.82) is 0 Å². The minimum atomic E-state index is -1.68. The number of carbonyl (C=O) groups excluding carboxylic acids is 2. The van der Waals surface area contributed by atoms with Gasteiger partial charge < -0.3 is 20.3 Å². The number of benzene rings is 1. The number of hydrogen-bond donors (Lipinski definition) is 3. The maximum atomic E-state index is 13.2. The Morgan fingerprint density at radius 2 is 2.03 bits per heavy atom. The number of amides is 1. The first-order valence-electron chi connectivity index (χ1n) is 13.0. The van der Waals surface area contributed by atoms with Gasteiger partial charge in [-0.1, -0.05) is 69.3 Å². The molecule has 4 rings (SSSR count). The normalized spacial score (nSPS) is 35.7. The standard InChI is InChI=1S/C29H39NO5/c1-18(9-7-13-22-15-16-25(31)35-22)10-8-14-23-27(32)20(3)19(2)26-24(30-28(33)29(23,26)34)17-21-11-5-4-6-12-21/h4-6,8,11-12,14,18-19,22-24,26-27,32,34H,3,7,9-10,13,15-17H2,1-2H3,(H,30,33). The van der Waals surface area contributed by atoms with Gasteiger partial charge >= 0.3 is 5.97 Å². The number of rotatable bonds is 9. The number of aliphatic hydroxyl groups is 2. The number of nitrogens with one attached hydrogen (secondary N) is 1. The molecule has 6 nitrogen and oxygen atoms in total. The van der Waals surface area contributed by atoms with Gasteiger partial charge in [-0.3, -0.25) is 9.59 Å². The number of hydrogen-bond acceptors (Lipinski definition) is 5. The third-order valence-electron chi connectivity index (χ3n) is 8.35. The van der Waals surface area contributed by atoms with Crippen LogP contribution in [0.25, 0.3) is 0 Å². The van der Waals surface area contributed by atoms with E-state index in [9.17, 15) is 19.8 Å². The molecule has 8 unspecified atom stereocenters. The fourth-order valence-electron chi connectivity index (χ4n) is 6.26. The van der Waals surface area contributed by atoms with Gasteiger partial charge in [0.05, 0.1) is 6.10 Å². The molecule has 0 spiro atoms. The van der Waals surface area contributed by atoms with E-state index in [1.807, 2.05) is 49.4 Å². The number of cyclic esters (lactones) is 1. The molecule has 6 heteroatoms. The Labute approximate surface area is 208 Å². The third kappa shape index (κ3) is 5.24. The first-order chi connectivity index (χ1) is 16.7. The van der Waals surface area contributed by atoms with E-state index in [0.717, 1.165) is 37.7 Å². The van der Waals surface area contributed by atoms with Crippen LogP contribution in [0, 0.1) is 23.7 Å². The molecule has 0 radical (unpaired) electrons. The van der Waals surface area contributed by atoms with Crippen molar-refractivity contribution in [3.8, 4) is 0 Å². The van der Waals surface area contributed by atoms with Crippen LogP contribution < -0.4 is 5.32 Å². The van der Waals surface area contributed by atoms with Gasteiger partial charge in [-0.15, -0.1) is 0 Å². The molecule has 1 aliphatic carbocycles. The van der Waals surface area contributed by atoms with Gasteiger partial charge in [0.1, 0.15) is 6.10 Å². The van der Waals surface area contributed by atoms with Crippen molar-refractivity contribution >= 4 is 11.9 Å². The van der Waals surface area contributed by atoms with E-state index in [2.05, 4.69) is 18.8 Å². The Morgan fingerprint density at radius 3 is 2.71 bits per heavy atom. The summed E-state index contributed by atoms with van der Waals surface area (Å²) in [6, 6.07) is 9.72. The van der Waals surface area contributed by atoms with Gasteiger partial charge in [0.15, 0.2) is 5.60 Å². The summed E-state index contributed by atoms with van der Waals surface area (Å²) in [5.74, 6) is -1.40. The van der Waals surface area contributed by atoms with Crippen LogP contribution in [0.2, 0.25) is 0 Å². The second kappa shape index (κ2) is 10.7. The Morgan fingerprint density at radius 1 is 1.29 bits per heavy atom. The predicted molar refractivity (Wildman–Crippen MR) is 134 cm³/mol. The van der Waals surface area contributed by atoms with Crippen molar-refractivity contribution in [2.75, 3.05) is 0 Å². The summed E-state index contributed by atoms with van der Waals surface area (Å²) < 4.78 is 5.29. The summed E-state index contributed by atoms with van der Waals surface area (Å²) in [7, 11) is 0. The van der Waals surface area contributed by atoms with Crippen molar-refractivity contribution in [3.05, 3.63) is 60.2 Å². The number of ether oxygens (including phenoxy) is 1. The zero-order valence-corrected chi connectivity index (χ0v) is 20.9. The molecule has 3 aliphatic rings. The lowest BCUT2D eigenvalue weighted by molar-refractivity contribution is -0.154. The van der Waals surface area contributed by atoms with Crippen LogP contribution in [0.5, 0.6) is 0 Å². The van der Waals surface area contributed by atoms with Crippen molar-refractivity contribution in [2.24, 2.45) is 23.7 Å². The van der Waals surface area contributed by atoms with Crippen molar-refractivity contribution in [3.63, 3.8) is 0 Å². The molecule has 1 aromatic carbocycles. The van der Waals surface area contributed by atoms with Gasteiger partial charge in [0.25, 0.3) is 5.91 Å². The van der Waals surface area contributed by atoms with E-state index in [4.69, 9.17) is 4.74 Å². The summed E-state index contributed by atoms with van der Waals surface area (Å²) in [6.45, 7) is 8.25. The second-order valence-electron chi connectivity index (χ2n) is 10.8. The number of allylic oxidation sites excluding steroid dienone is 1. The van der Waals surface area contributed by atoms with Crippen LogP contribution in [0.4, 0.5) is 0 Å². The van der Waals surface area contributed by atoms with Crippen LogP contribution in [-0.4, -0.2) is 45.9 Å². The van der Waals surface area contributed by atoms with Gasteiger partial charge in [0, 0.05) is 24.3 Å². The molecule has 2 aliphatic heterocycles. The summed E-state index contributed by atoms with van der Waals surface area (Å²) >= 11 is 0. The fraction of sp³-hybridized carbons (Fsp3) is 0.586. The van der Waals surface area contributed by atoms with Crippen LogP contribution in [0.15, 0.2) is 54.6 Å². The molecule has 0 aromatic heterocycles. The Hall–Kier alpha value is -2.44. The number of fused-ring (bicyclic) bond motifs is 1. The third-order valence-corrected chi connectivity index (χ3v) is 8.35. The van der Waals surface area contributed by atoms with E-state index in [-0.39, 0.29) is 30.0 Å². The van der Waals surface area contributed by atoms with Crippen LogP contribution >= 0.6 is 0 Å². The first-order valence-corrected chi connectivity index (χ1v) is 13.0. The molecule has 8 atom stereocenters. The van der Waals surface area contributed by atoms with Gasteiger partial charge in [-0.2, -0.15) is 0 Å². The smallest absolute Gasteiger partial charge is 0.306 e. The largest absolute Gasteiger partial charge is 0.462 e. The summed E-state index contributed by atoms with van der Waals surface area (Å²) in [5, 5.41) is 25.9. The van der Waals surface area contributed by atoms with E-state index >= 15 is 0 Å². The van der Waals surface area contributed by atoms with Crippen LogP contribution in [0.1, 0.15) is 57.9 Å². The average Bonchev–Trinajstić information content (AvgIpc) is 3.35. The lowest BCUT2D eigenvalue weighted by Gasteiger charge is -2.47. The predicted octanol–water partition coefficient (Wildman–Crippen LogP) is 3.72. The number of carbonyl (C=O) groups is 2.